The van der Waals surface area contributed by atoms with Crippen LogP contribution in [-0.4, -0.2) is 31.4 Å². The molecule has 0 fully saturated rings. The molecule has 0 aliphatic carbocycles. The van der Waals surface area contributed by atoms with Crippen molar-refractivity contribution in [2.24, 2.45) is 0 Å². The van der Waals surface area contributed by atoms with Crippen LogP contribution in [0.25, 0.3) is 0 Å². The number of likely N-dealkylation sites (N-methyl/N-ethyl adjacent to an activating group) is 1. The van der Waals surface area contributed by atoms with Gasteiger partial charge in [0.15, 0.2) is 0 Å². The highest BCUT2D eigenvalue weighted by Crippen LogP contribution is 2.16. The molecule has 1 unspecified atom stereocenters. The molecule has 0 saturated heterocycles. The second-order valence-corrected chi connectivity index (χ2v) is 5.13. The topological polar surface area (TPSA) is 30.5 Å². The Hall–Kier alpha value is -0.540. The van der Waals surface area contributed by atoms with Crippen LogP contribution in [0.4, 0.5) is 0 Å². The van der Waals surface area contributed by atoms with Crippen molar-refractivity contribution in [3.05, 3.63) is 11.8 Å². The molecular formula is C13H25NO2. The molecule has 0 bridgehead atoms. The molecule has 0 amide bonds. The number of rotatable bonds is 5. The first kappa shape index (κ1) is 13.5. The summed E-state index contributed by atoms with van der Waals surface area (Å²) in [6.45, 7) is 10.8. The quantitative estimate of drug-likeness (QED) is 0.782. The summed E-state index contributed by atoms with van der Waals surface area (Å²) in [7, 11) is 0. The summed E-state index contributed by atoms with van der Waals surface area (Å²) in [5.41, 5.74) is -0.0943. The van der Waals surface area contributed by atoms with E-state index in [0.717, 1.165) is 31.8 Å². The van der Waals surface area contributed by atoms with Crippen molar-refractivity contribution in [3.8, 4) is 0 Å². The van der Waals surface area contributed by atoms with Gasteiger partial charge in [-0.05, 0) is 46.2 Å². The lowest BCUT2D eigenvalue weighted by atomic mass is 10.1. The number of nitrogens with one attached hydrogen (secondary N) is 1. The van der Waals surface area contributed by atoms with E-state index in [-0.39, 0.29) is 11.6 Å². The minimum absolute atomic E-state index is 0.0943. The van der Waals surface area contributed by atoms with E-state index in [1.54, 1.807) is 0 Å². The van der Waals surface area contributed by atoms with E-state index in [1.165, 1.54) is 0 Å². The second-order valence-electron chi connectivity index (χ2n) is 5.13. The Bertz CT molecular complexity index is 231. The van der Waals surface area contributed by atoms with Crippen LogP contribution in [0.1, 0.15) is 40.5 Å². The first-order valence-electron chi connectivity index (χ1n) is 6.23. The molecule has 0 spiro atoms. The van der Waals surface area contributed by atoms with Crippen LogP contribution in [0.5, 0.6) is 0 Å². The molecular weight excluding hydrogens is 202 g/mol. The number of hydrogen-bond acceptors (Lipinski definition) is 3. The number of allylic oxidation sites excluding steroid dienone is 1. The summed E-state index contributed by atoms with van der Waals surface area (Å²) in [5, 5.41) is 3.41. The molecule has 1 heterocycles. The molecule has 1 aliphatic rings. The van der Waals surface area contributed by atoms with Gasteiger partial charge >= 0.3 is 0 Å². The zero-order valence-electron chi connectivity index (χ0n) is 11.0. The van der Waals surface area contributed by atoms with Crippen molar-refractivity contribution in [2.75, 3.05) is 19.8 Å². The van der Waals surface area contributed by atoms with Crippen LogP contribution in [0, 0.1) is 0 Å². The third kappa shape index (κ3) is 4.99. The molecule has 3 nitrogen and oxygen atoms in total. The van der Waals surface area contributed by atoms with E-state index in [0.29, 0.717) is 6.61 Å². The van der Waals surface area contributed by atoms with Gasteiger partial charge in [0.05, 0.1) is 24.9 Å². The highest BCUT2D eigenvalue weighted by atomic mass is 16.5. The standard InChI is InChI=1S/C13H25NO2/c1-5-14-11(10-16-13(2,3)4)12-8-6-7-9-15-12/h8,11,14H,5-7,9-10H2,1-4H3. The molecule has 1 atom stereocenters. The largest absolute Gasteiger partial charge is 0.497 e. The zero-order valence-corrected chi connectivity index (χ0v) is 11.0. The fraction of sp³-hybridized carbons (Fsp3) is 0.846. The van der Waals surface area contributed by atoms with Crippen molar-refractivity contribution >= 4 is 0 Å². The number of ether oxygens (including phenoxy) is 2. The van der Waals surface area contributed by atoms with E-state index in [9.17, 15) is 0 Å². The molecule has 1 N–H and O–H groups in total. The van der Waals surface area contributed by atoms with Gasteiger partial charge in [-0.2, -0.15) is 0 Å². The lowest BCUT2D eigenvalue weighted by Gasteiger charge is -2.28. The van der Waals surface area contributed by atoms with Gasteiger partial charge in [0.1, 0.15) is 5.76 Å². The maximum Gasteiger partial charge on any atom is 0.111 e. The first-order chi connectivity index (χ1) is 7.53. The van der Waals surface area contributed by atoms with Crippen LogP contribution in [0.15, 0.2) is 11.8 Å². The van der Waals surface area contributed by atoms with E-state index in [1.807, 2.05) is 0 Å². The van der Waals surface area contributed by atoms with Gasteiger partial charge in [0.2, 0.25) is 0 Å². The van der Waals surface area contributed by atoms with Crippen molar-refractivity contribution in [1.29, 1.82) is 0 Å². The third-order valence-electron chi connectivity index (χ3n) is 2.44. The van der Waals surface area contributed by atoms with E-state index in [2.05, 4.69) is 39.1 Å². The van der Waals surface area contributed by atoms with Gasteiger partial charge in [-0.1, -0.05) is 6.92 Å². The normalized spacial score (nSPS) is 18.9. The smallest absolute Gasteiger partial charge is 0.111 e. The van der Waals surface area contributed by atoms with Crippen LogP contribution >= 0.6 is 0 Å². The molecule has 94 valence electrons. The van der Waals surface area contributed by atoms with Gasteiger partial charge < -0.3 is 14.8 Å². The lowest BCUT2D eigenvalue weighted by molar-refractivity contribution is -0.0177. The molecule has 0 aromatic heterocycles. The maximum absolute atomic E-state index is 5.81. The molecule has 0 aromatic rings. The Labute approximate surface area is 99.2 Å². The predicted molar refractivity (Wildman–Crippen MR) is 66.4 cm³/mol. The molecule has 1 aliphatic heterocycles. The minimum atomic E-state index is -0.0943. The van der Waals surface area contributed by atoms with Gasteiger partial charge in [-0.25, -0.2) is 0 Å². The van der Waals surface area contributed by atoms with Gasteiger partial charge in [0, 0.05) is 0 Å². The Morgan fingerprint density at radius 3 is 2.75 bits per heavy atom. The highest BCUT2D eigenvalue weighted by Gasteiger charge is 2.20. The summed E-state index contributed by atoms with van der Waals surface area (Å²) in [4.78, 5) is 0. The van der Waals surface area contributed by atoms with E-state index < -0.39 is 0 Å². The lowest BCUT2D eigenvalue weighted by Crippen LogP contribution is -2.39. The molecule has 16 heavy (non-hydrogen) atoms. The summed E-state index contributed by atoms with van der Waals surface area (Å²) < 4.78 is 11.5. The Kier molecular flexibility index (Phi) is 5.29. The van der Waals surface area contributed by atoms with Crippen molar-refractivity contribution in [3.63, 3.8) is 0 Å². The van der Waals surface area contributed by atoms with Crippen molar-refractivity contribution in [1.82, 2.24) is 5.32 Å². The second kappa shape index (κ2) is 6.26. The fourth-order valence-corrected chi connectivity index (χ4v) is 1.64. The van der Waals surface area contributed by atoms with Gasteiger partial charge in [-0.3, -0.25) is 0 Å². The third-order valence-corrected chi connectivity index (χ3v) is 2.44. The molecule has 3 heteroatoms. The minimum Gasteiger partial charge on any atom is -0.497 e. The van der Waals surface area contributed by atoms with Crippen LogP contribution in [-0.2, 0) is 9.47 Å². The van der Waals surface area contributed by atoms with E-state index in [4.69, 9.17) is 9.47 Å². The van der Waals surface area contributed by atoms with Gasteiger partial charge in [-0.15, -0.1) is 0 Å². The maximum atomic E-state index is 5.81. The Balaban J connectivity index is 2.49. The van der Waals surface area contributed by atoms with E-state index >= 15 is 0 Å². The first-order valence-corrected chi connectivity index (χ1v) is 6.23. The summed E-state index contributed by atoms with van der Waals surface area (Å²) in [5.74, 6) is 1.05. The van der Waals surface area contributed by atoms with Crippen LogP contribution < -0.4 is 5.32 Å². The van der Waals surface area contributed by atoms with Crippen LogP contribution in [0.3, 0.4) is 0 Å². The zero-order chi connectivity index (χ0) is 12.0. The predicted octanol–water partition coefficient (Wildman–Crippen LogP) is 2.47. The van der Waals surface area contributed by atoms with Crippen molar-refractivity contribution in [2.45, 2.75) is 52.2 Å². The highest BCUT2D eigenvalue weighted by molar-refractivity contribution is 5.05. The Morgan fingerprint density at radius 1 is 1.50 bits per heavy atom. The Morgan fingerprint density at radius 2 is 2.25 bits per heavy atom. The average Bonchev–Trinajstić information content (AvgIpc) is 2.24. The summed E-state index contributed by atoms with van der Waals surface area (Å²) >= 11 is 0. The molecule has 0 saturated carbocycles. The monoisotopic (exact) mass is 227 g/mol. The SMILES string of the molecule is CCNC(COC(C)(C)C)C1=CCCCO1. The summed E-state index contributed by atoms with van der Waals surface area (Å²) in [6, 6.07) is 0.199. The average molecular weight is 227 g/mol. The molecule has 0 aromatic carbocycles. The summed E-state index contributed by atoms with van der Waals surface area (Å²) in [6.07, 6.45) is 4.43. The van der Waals surface area contributed by atoms with Crippen LogP contribution in [0.2, 0.25) is 0 Å². The van der Waals surface area contributed by atoms with Crippen molar-refractivity contribution < 1.29 is 9.47 Å². The fourth-order valence-electron chi connectivity index (χ4n) is 1.64. The number of hydrogen-bond donors (Lipinski definition) is 1. The molecule has 0 radical (unpaired) electrons. The van der Waals surface area contributed by atoms with Gasteiger partial charge in [0.25, 0.3) is 0 Å². The molecule has 1 rings (SSSR count).